The van der Waals surface area contributed by atoms with Crippen LogP contribution in [-0.4, -0.2) is 28.0 Å². The van der Waals surface area contributed by atoms with Crippen molar-refractivity contribution in [1.29, 1.82) is 0 Å². The largest absolute Gasteiger partial charge is 0.481 e. The highest BCUT2D eigenvalue weighted by Gasteiger charge is 2.30. The minimum atomic E-state index is -0.787. The van der Waals surface area contributed by atoms with E-state index in [1.165, 1.54) is 0 Å². The second kappa shape index (κ2) is 8.27. The van der Waals surface area contributed by atoms with Crippen molar-refractivity contribution in [2.45, 2.75) is 64.3 Å². The molecule has 1 aliphatic rings. The highest BCUT2D eigenvalue weighted by atomic mass is 32.1. The molecule has 0 unspecified atom stereocenters. The molecule has 1 saturated carbocycles. The Balaban J connectivity index is 1.78. The van der Waals surface area contributed by atoms with E-state index < -0.39 is 11.9 Å². The summed E-state index contributed by atoms with van der Waals surface area (Å²) in [7, 11) is 0. The van der Waals surface area contributed by atoms with E-state index in [0.717, 1.165) is 49.2 Å². The van der Waals surface area contributed by atoms with Gasteiger partial charge < -0.3 is 10.4 Å². The average Bonchev–Trinajstić information content (AvgIpc) is 2.72. The highest BCUT2D eigenvalue weighted by molar-refractivity contribution is 7.09. The molecule has 122 valence electrons. The third kappa shape index (κ3) is 5.09. The zero-order chi connectivity index (χ0) is 15.9. The van der Waals surface area contributed by atoms with E-state index in [4.69, 9.17) is 0 Å². The lowest BCUT2D eigenvalue weighted by Crippen LogP contribution is -2.42. The first-order valence-electron chi connectivity index (χ1n) is 7.99. The molecule has 0 saturated heterocycles. The maximum absolute atomic E-state index is 12.1. The number of carboxylic acids is 1. The Morgan fingerprint density at radius 3 is 2.82 bits per heavy atom. The second-order valence-electron chi connectivity index (χ2n) is 5.97. The minimum Gasteiger partial charge on any atom is -0.481 e. The molecule has 22 heavy (non-hydrogen) atoms. The van der Waals surface area contributed by atoms with Crippen molar-refractivity contribution in [3.63, 3.8) is 0 Å². The first-order chi connectivity index (χ1) is 10.6. The maximum Gasteiger partial charge on any atom is 0.308 e. The van der Waals surface area contributed by atoms with Gasteiger partial charge in [0.1, 0.15) is 0 Å². The molecule has 1 aromatic heterocycles. The Hall–Kier alpha value is -1.43. The summed E-state index contributed by atoms with van der Waals surface area (Å²) in [5, 5.41) is 15.3. The fourth-order valence-electron chi connectivity index (χ4n) is 3.01. The van der Waals surface area contributed by atoms with Gasteiger partial charge in [-0.25, -0.2) is 4.98 Å². The van der Waals surface area contributed by atoms with Gasteiger partial charge in [-0.15, -0.1) is 11.3 Å². The van der Waals surface area contributed by atoms with Crippen LogP contribution < -0.4 is 5.32 Å². The minimum absolute atomic E-state index is 0.0369. The van der Waals surface area contributed by atoms with E-state index in [1.54, 1.807) is 11.3 Å². The zero-order valence-corrected chi connectivity index (χ0v) is 13.8. The number of nitrogens with zero attached hydrogens (tertiary/aromatic N) is 1. The number of hydrogen-bond acceptors (Lipinski definition) is 4. The molecule has 0 aromatic carbocycles. The SMILES string of the molecule is Cc1nc(CCCC(=O)N[C@H]2CCCCC[C@H]2C(=O)O)cs1. The fourth-order valence-corrected chi connectivity index (χ4v) is 3.66. The van der Waals surface area contributed by atoms with E-state index in [9.17, 15) is 14.7 Å². The molecule has 1 amide bonds. The van der Waals surface area contributed by atoms with Crippen LogP contribution in [0.1, 0.15) is 55.6 Å². The maximum atomic E-state index is 12.1. The standard InChI is InChI=1S/C16H24N2O3S/c1-11-17-12(10-22-11)6-5-9-15(19)18-14-8-4-2-3-7-13(14)16(20)21/h10,13-14H,2-9H2,1H3,(H,18,19)(H,20,21)/t13-,14+/m1/s1. The zero-order valence-electron chi connectivity index (χ0n) is 13.0. The van der Waals surface area contributed by atoms with Gasteiger partial charge in [0.25, 0.3) is 0 Å². The van der Waals surface area contributed by atoms with Crippen LogP contribution >= 0.6 is 11.3 Å². The topological polar surface area (TPSA) is 79.3 Å². The van der Waals surface area contributed by atoms with Crippen molar-refractivity contribution in [3.05, 3.63) is 16.1 Å². The van der Waals surface area contributed by atoms with Crippen LogP contribution in [0.5, 0.6) is 0 Å². The molecule has 1 fully saturated rings. The summed E-state index contributed by atoms with van der Waals surface area (Å²) < 4.78 is 0. The molecule has 0 aliphatic heterocycles. The lowest BCUT2D eigenvalue weighted by atomic mass is 9.94. The van der Waals surface area contributed by atoms with Crippen LogP contribution in [0.4, 0.5) is 0 Å². The number of nitrogens with one attached hydrogen (secondary N) is 1. The Morgan fingerprint density at radius 1 is 1.36 bits per heavy atom. The van der Waals surface area contributed by atoms with Crippen LogP contribution in [0.25, 0.3) is 0 Å². The third-order valence-corrected chi connectivity index (χ3v) is 5.01. The molecule has 1 heterocycles. The number of carbonyl (C=O) groups excluding carboxylic acids is 1. The van der Waals surface area contributed by atoms with Crippen molar-refractivity contribution in [2.75, 3.05) is 0 Å². The lowest BCUT2D eigenvalue weighted by molar-refractivity contribution is -0.143. The summed E-state index contributed by atoms with van der Waals surface area (Å²) in [4.78, 5) is 27.8. The van der Waals surface area contributed by atoms with Gasteiger partial charge in [0, 0.05) is 17.8 Å². The van der Waals surface area contributed by atoms with Gasteiger partial charge in [0.05, 0.1) is 16.6 Å². The van der Waals surface area contributed by atoms with Crippen LogP contribution in [-0.2, 0) is 16.0 Å². The van der Waals surface area contributed by atoms with E-state index in [-0.39, 0.29) is 11.9 Å². The van der Waals surface area contributed by atoms with Gasteiger partial charge >= 0.3 is 5.97 Å². The monoisotopic (exact) mass is 324 g/mol. The molecule has 6 heteroatoms. The van der Waals surface area contributed by atoms with Gasteiger partial charge in [0.15, 0.2) is 0 Å². The average molecular weight is 324 g/mol. The first-order valence-corrected chi connectivity index (χ1v) is 8.87. The number of thiazole rings is 1. The normalized spacial score (nSPS) is 22.0. The van der Waals surface area contributed by atoms with Gasteiger partial charge in [-0.1, -0.05) is 19.3 Å². The number of carbonyl (C=O) groups is 2. The van der Waals surface area contributed by atoms with Crippen LogP contribution in [0.2, 0.25) is 0 Å². The van der Waals surface area contributed by atoms with Crippen molar-refractivity contribution < 1.29 is 14.7 Å². The molecule has 1 aliphatic carbocycles. The quantitative estimate of drug-likeness (QED) is 0.789. The Morgan fingerprint density at radius 2 is 2.14 bits per heavy atom. The predicted octanol–water partition coefficient (Wildman–Crippen LogP) is 2.92. The number of aromatic nitrogens is 1. The van der Waals surface area contributed by atoms with Crippen LogP contribution in [0.15, 0.2) is 5.38 Å². The number of aliphatic carboxylic acids is 1. The summed E-state index contributed by atoms with van der Waals surface area (Å²) >= 11 is 1.62. The molecule has 0 bridgehead atoms. The molecular formula is C16H24N2O3S. The Kier molecular flexibility index (Phi) is 6.36. The first kappa shape index (κ1) is 16.9. The molecule has 0 spiro atoms. The number of carboxylic acid groups (broad SMARTS) is 1. The fraction of sp³-hybridized carbons (Fsp3) is 0.688. The van der Waals surface area contributed by atoms with Gasteiger partial charge in [-0.3, -0.25) is 9.59 Å². The van der Waals surface area contributed by atoms with Crippen LogP contribution in [0.3, 0.4) is 0 Å². The predicted molar refractivity (Wildman–Crippen MR) is 85.9 cm³/mol. The summed E-state index contributed by atoms with van der Waals surface area (Å²) in [6.45, 7) is 1.97. The van der Waals surface area contributed by atoms with Gasteiger partial charge in [-0.2, -0.15) is 0 Å². The number of amides is 1. The van der Waals surface area contributed by atoms with Gasteiger partial charge in [0.2, 0.25) is 5.91 Å². The van der Waals surface area contributed by atoms with E-state index in [0.29, 0.717) is 12.8 Å². The van der Waals surface area contributed by atoms with Crippen molar-refractivity contribution in [1.82, 2.24) is 10.3 Å². The van der Waals surface area contributed by atoms with Crippen LogP contribution in [0, 0.1) is 12.8 Å². The van der Waals surface area contributed by atoms with E-state index in [1.807, 2.05) is 12.3 Å². The number of hydrogen-bond donors (Lipinski definition) is 2. The molecular weight excluding hydrogens is 300 g/mol. The molecule has 2 rings (SSSR count). The van der Waals surface area contributed by atoms with E-state index >= 15 is 0 Å². The summed E-state index contributed by atoms with van der Waals surface area (Å²) in [6.07, 6.45) is 6.40. The molecule has 1 aromatic rings. The summed E-state index contributed by atoms with van der Waals surface area (Å²) in [6, 6.07) is -0.214. The Labute approximate surface area is 135 Å². The van der Waals surface area contributed by atoms with E-state index in [2.05, 4.69) is 10.3 Å². The third-order valence-electron chi connectivity index (χ3n) is 4.18. The van der Waals surface area contributed by atoms with Crippen molar-refractivity contribution in [3.8, 4) is 0 Å². The smallest absolute Gasteiger partial charge is 0.308 e. The van der Waals surface area contributed by atoms with Gasteiger partial charge in [-0.05, 0) is 32.6 Å². The highest BCUT2D eigenvalue weighted by Crippen LogP contribution is 2.24. The number of rotatable bonds is 6. The van der Waals surface area contributed by atoms with Crippen molar-refractivity contribution >= 4 is 23.2 Å². The lowest BCUT2D eigenvalue weighted by Gasteiger charge is -2.22. The molecule has 2 atom stereocenters. The van der Waals surface area contributed by atoms with Crippen molar-refractivity contribution in [2.24, 2.45) is 5.92 Å². The number of aryl methyl sites for hydroxylation is 2. The molecule has 5 nitrogen and oxygen atoms in total. The second-order valence-corrected chi connectivity index (χ2v) is 7.03. The molecule has 2 N–H and O–H groups in total. The summed E-state index contributed by atoms with van der Waals surface area (Å²) in [5.74, 6) is -1.26. The summed E-state index contributed by atoms with van der Waals surface area (Å²) in [5.41, 5.74) is 1.04. The Bertz CT molecular complexity index is 515. The molecule has 0 radical (unpaired) electrons.